The van der Waals surface area contributed by atoms with E-state index in [-0.39, 0.29) is 12.5 Å². The van der Waals surface area contributed by atoms with Crippen molar-refractivity contribution in [1.29, 1.82) is 0 Å². The van der Waals surface area contributed by atoms with E-state index in [9.17, 15) is 9.59 Å². The van der Waals surface area contributed by atoms with Crippen molar-refractivity contribution >= 4 is 28.2 Å². The number of ether oxygens (including phenoxy) is 2. The van der Waals surface area contributed by atoms with Gasteiger partial charge in [-0.05, 0) is 38.0 Å². The van der Waals surface area contributed by atoms with E-state index in [2.05, 4.69) is 5.32 Å². The molecule has 5 nitrogen and oxygen atoms in total. The number of amides is 1. The zero-order valence-electron chi connectivity index (χ0n) is 17.3. The van der Waals surface area contributed by atoms with Crippen molar-refractivity contribution < 1.29 is 19.1 Å². The molecule has 0 fully saturated rings. The van der Waals surface area contributed by atoms with Gasteiger partial charge in [0.05, 0.1) is 6.61 Å². The fourth-order valence-corrected chi connectivity index (χ4v) is 4.25. The van der Waals surface area contributed by atoms with Crippen molar-refractivity contribution in [2.24, 2.45) is 0 Å². The van der Waals surface area contributed by atoms with E-state index < -0.39 is 12.1 Å². The molecule has 0 saturated heterocycles. The summed E-state index contributed by atoms with van der Waals surface area (Å²) in [6, 6.07) is 18.8. The Morgan fingerprint density at radius 3 is 2.23 bits per heavy atom. The molecule has 1 unspecified atom stereocenters. The summed E-state index contributed by atoms with van der Waals surface area (Å²) < 4.78 is 11.0. The number of carbonyl (C=O) groups is 2. The normalized spacial score (nSPS) is 11.6. The van der Waals surface area contributed by atoms with E-state index in [1.165, 1.54) is 11.3 Å². The van der Waals surface area contributed by atoms with Gasteiger partial charge in [-0.2, -0.15) is 0 Å². The molecule has 0 aliphatic heterocycles. The van der Waals surface area contributed by atoms with Gasteiger partial charge >= 0.3 is 5.97 Å². The van der Waals surface area contributed by atoms with Crippen LogP contribution in [0.1, 0.15) is 36.0 Å². The molecule has 156 valence electrons. The van der Waals surface area contributed by atoms with Crippen molar-refractivity contribution in [2.45, 2.75) is 33.3 Å². The SMILES string of the molecule is CCOC(=O)c1c(NC(=O)C(C)Oc2ccccc2)sc(CC)c1-c1ccccc1. The van der Waals surface area contributed by atoms with E-state index in [1.54, 1.807) is 26.0 Å². The second kappa shape index (κ2) is 10.1. The minimum Gasteiger partial charge on any atom is -0.481 e. The third kappa shape index (κ3) is 4.89. The summed E-state index contributed by atoms with van der Waals surface area (Å²) in [5.41, 5.74) is 2.13. The minimum atomic E-state index is -0.727. The molecular weight excluding hydrogens is 398 g/mol. The number of anilines is 1. The van der Waals surface area contributed by atoms with E-state index in [0.29, 0.717) is 16.3 Å². The average Bonchev–Trinajstić information content (AvgIpc) is 3.13. The highest BCUT2D eigenvalue weighted by Gasteiger charge is 2.27. The summed E-state index contributed by atoms with van der Waals surface area (Å²) in [6.07, 6.45) is 0.00236. The third-order valence-electron chi connectivity index (χ3n) is 4.51. The summed E-state index contributed by atoms with van der Waals surface area (Å²) >= 11 is 1.40. The molecule has 6 heteroatoms. The first-order chi connectivity index (χ1) is 14.5. The first-order valence-electron chi connectivity index (χ1n) is 9.95. The number of thiophene rings is 1. The van der Waals surface area contributed by atoms with Crippen LogP contribution >= 0.6 is 11.3 Å². The minimum absolute atomic E-state index is 0.255. The fourth-order valence-electron chi connectivity index (χ4n) is 3.09. The zero-order chi connectivity index (χ0) is 21.5. The zero-order valence-corrected chi connectivity index (χ0v) is 18.1. The number of rotatable bonds is 8. The van der Waals surface area contributed by atoms with Crippen LogP contribution in [0.15, 0.2) is 60.7 Å². The van der Waals surface area contributed by atoms with Gasteiger partial charge in [0.2, 0.25) is 0 Å². The lowest BCUT2D eigenvalue weighted by atomic mass is 10.00. The van der Waals surface area contributed by atoms with Gasteiger partial charge in [0.25, 0.3) is 5.91 Å². The van der Waals surface area contributed by atoms with Crippen molar-refractivity contribution in [3.05, 3.63) is 71.1 Å². The van der Waals surface area contributed by atoms with Gasteiger partial charge in [0, 0.05) is 10.4 Å². The maximum atomic E-state index is 12.8. The summed E-state index contributed by atoms with van der Waals surface area (Å²) in [5, 5.41) is 3.37. The second-order valence-corrected chi connectivity index (χ2v) is 7.71. The van der Waals surface area contributed by atoms with E-state index in [0.717, 1.165) is 22.4 Å². The number of para-hydroxylation sites is 1. The van der Waals surface area contributed by atoms with Gasteiger partial charge in [-0.15, -0.1) is 11.3 Å². The molecule has 1 heterocycles. The Morgan fingerprint density at radius 2 is 1.63 bits per heavy atom. The molecule has 1 amide bonds. The average molecular weight is 424 g/mol. The lowest BCUT2D eigenvalue weighted by molar-refractivity contribution is -0.122. The Labute approximate surface area is 180 Å². The number of hydrogen-bond acceptors (Lipinski definition) is 5. The topological polar surface area (TPSA) is 64.6 Å². The Kier molecular flexibility index (Phi) is 7.25. The van der Waals surface area contributed by atoms with Crippen LogP contribution in [0.3, 0.4) is 0 Å². The summed E-state index contributed by atoms with van der Waals surface area (Å²) in [7, 11) is 0. The summed E-state index contributed by atoms with van der Waals surface area (Å²) in [4.78, 5) is 26.7. The highest BCUT2D eigenvalue weighted by Crippen LogP contribution is 2.41. The monoisotopic (exact) mass is 423 g/mol. The maximum absolute atomic E-state index is 12.8. The molecule has 1 N–H and O–H groups in total. The molecule has 0 aliphatic rings. The Balaban J connectivity index is 1.94. The highest BCUT2D eigenvalue weighted by atomic mass is 32.1. The summed E-state index contributed by atoms with van der Waals surface area (Å²) in [6.45, 7) is 5.73. The molecule has 0 bridgehead atoms. The molecule has 0 saturated carbocycles. The van der Waals surface area contributed by atoms with Crippen molar-refractivity contribution in [3.8, 4) is 16.9 Å². The number of aryl methyl sites for hydroxylation is 1. The van der Waals surface area contributed by atoms with Crippen LogP contribution in [0, 0.1) is 0 Å². The molecule has 1 atom stereocenters. The Bertz CT molecular complexity index is 999. The van der Waals surface area contributed by atoms with Crippen molar-refractivity contribution in [1.82, 2.24) is 0 Å². The first-order valence-corrected chi connectivity index (χ1v) is 10.8. The largest absolute Gasteiger partial charge is 0.481 e. The molecule has 3 rings (SSSR count). The van der Waals surface area contributed by atoms with Gasteiger partial charge in [0.1, 0.15) is 16.3 Å². The van der Waals surface area contributed by atoms with Gasteiger partial charge in [0.15, 0.2) is 6.10 Å². The van der Waals surface area contributed by atoms with Crippen LogP contribution in [0.5, 0.6) is 5.75 Å². The number of carbonyl (C=O) groups excluding carboxylic acids is 2. The van der Waals surface area contributed by atoms with Crippen LogP contribution in [0.25, 0.3) is 11.1 Å². The molecule has 30 heavy (non-hydrogen) atoms. The van der Waals surface area contributed by atoms with E-state index in [1.807, 2.05) is 55.5 Å². The molecule has 0 radical (unpaired) electrons. The van der Waals surface area contributed by atoms with Gasteiger partial charge in [-0.3, -0.25) is 4.79 Å². The predicted octanol–water partition coefficient (Wildman–Crippen LogP) is 5.56. The van der Waals surface area contributed by atoms with Crippen LogP contribution in [0.2, 0.25) is 0 Å². The van der Waals surface area contributed by atoms with Crippen molar-refractivity contribution in [3.63, 3.8) is 0 Å². The molecular formula is C24H25NO4S. The van der Waals surface area contributed by atoms with Crippen LogP contribution in [-0.2, 0) is 16.0 Å². The molecule has 2 aromatic carbocycles. The number of esters is 1. The lowest BCUT2D eigenvalue weighted by Crippen LogP contribution is -2.30. The Morgan fingerprint density at radius 1 is 1.00 bits per heavy atom. The molecule has 0 aliphatic carbocycles. The van der Waals surface area contributed by atoms with Crippen LogP contribution in [-0.4, -0.2) is 24.6 Å². The first kappa shape index (κ1) is 21.6. The van der Waals surface area contributed by atoms with Gasteiger partial charge < -0.3 is 14.8 Å². The van der Waals surface area contributed by atoms with Crippen molar-refractivity contribution in [2.75, 3.05) is 11.9 Å². The maximum Gasteiger partial charge on any atom is 0.341 e. The molecule has 1 aromatic heterocycles. The van der Waals surface area contributed by atoms with E-state index in [4.69, 9.17) is 9.47 Å². The molecule has 0 spiro atoms. The summed E-state index contributed by atoms with van der Waals surface area (Å²) in [5.74, 6) is -0.164. The van der Waals surface area contributed by atoms with E-state index >= 15 is 0 Å². The second-order valence-electron chi connectivity index (χ2n) is 6.61. The quantitative estimate of drug-likeness (QED) is 0.482. The van der Waals surface area contributed by atoms with Gasteiger partial charge in [-0.25, -0.2) is 4.79 Å². The van der Waals surface area contributed by atoms with Crippen LogP contribution < -0.4 is 10.1 Å². The highest BCUT2D eigenvalue weighted by molar-refractivity contribution is 7.17. The number of hydrogen-bond donors (Lipinski definition) is 1. The van der Waals surface area contributed by atoms with Gasteiger partial charge in [-0.1, -0.05) is 55.5 Å². The smallest absolute Gasteiger partial charge is 0.341 e. The number of benzene rings is 2. The lowest BCUT2D eigenvalue weighted by Gasteiger charge is -2.15. The fraction of sp³-hybridized carbons (Fsp3) is 0.250. The Hall–Kier alpha value is -3.12. The standard InChI is InChI=1S/C24H25NO4S/c1-4-19-20(17-12-8-6-9-13-17)21(24(27)28-5-2)23(30-19)25-22(26)16(3)29-18-14-10-7-11-15-18/h6-16H,4-5H2,1-3H3,(H,25,26). The predicted molar refractivity (Wildman–Crippen MR) is 120 cm³/mol. The number of nitrogens with one attached hydrogen (secondary N) is 1. The van der Waals surface area contributed by atoms with Crippen LogP contribution in [0.4, 0.5) is 5.00 Å². The molecule has 3 aromatic rings. The third-order valence-corrected chi connectivity index (χ3v) is 5.76.